The second-order valence-corrected chi connectivity index (χ2v) is 4.37. The van der Waals surface area contributed by atoms with E-state index in [-0.39, 0.29) is 12.5 Å². The van der Waals surface area contributed by atoms with Crippen LogP contribution in [0.15, 0.2) is 0 Å². The lowest BCUT2D eigenvalue weighted by Gasteiger charge is -2.35. The maximum atomic E-state index is 11.8. The Kier molecular flexibility index (Phi) is 4.74. The van der Waals surface area contributed by atoms with Gasteiger partial charge in [0.2, 0.25) is 0 Å². The highest BCUT2D eigenvalue weighted by atomic mass is 16.5. The molecule has 0 bridgehead atoms. The average molecular weight is 217 g/mol. The van der Waals surface area contributed by atoms with Crippen LogP contribution >= 0.6 is 0 Å². The molecule has 5 heteroatoms. The number of ether oxygens (including phenoxy) is 1. The highest BCUT2D eigenvalue weighted by Crippen LogP contribution is 2.15. The molecule has 0 aliphatic heterocycles. The molecule has 1 unspecified atom stereocenters. The zero-order valence-electron chi connectivity index (χ0n) is 9.90. The van der Waals surface area contributed by atoms with Crippen LogP contribution in [0, 0.1) is 0 Å². The van der Waals surface area contributed by atoms with Crippen molar-refractivity contribution in [2.75, 3.05) is 13.7 Å². The van der Waals surface area contributed by atoms with Crippen LogP contribution in [-0.2, 0) is 14.3 Å². The van der Waals surface area contributed by atoms with E-state index in [1.165, 1.54) is 12.0 Å². The number of hydrogen-bond donors (Lipinski definition) is 1. The van der Waals surface area contributed by atoms with E-state index in [0.29, 0.717) is 0 Å². The zero-order chi connectivity index (χ0) is 12.2. The van der Waals surface area contributed by atoms with Crippen LogP contribution in [0.4, 0.5) is 0 Å². The number of nitrogens with zero attached hydrogens (tertiary/aromatic N) is 1. The molecular weight excluding hydrogens is 198 g/mol. The first-order chi connectivity index (χ1) is 6.70. The van der Waals surface area contributed by atoms with Gasteiger partial charge in [-0.25, -0.2) is 0 Å². The maximum absolute atomic E-state index is 11.8. The van der Waals surface area contributed by atoms with Gasteiger partial charge in [-0.3, -0.25) is 9.59 Å². The lowest BCUT2D eigenvalue weighted by atomic mass is 10.1. The molecule has 0 aliphatic rings. The number of aliphatic carboxylic acids is 1. The smallest absolute Gasteiger partial charge is 0.323 e. The van der Waals surface area contributed by atoms with Crippen molar-refractivity contribution in [2.24, 2.45) is 0 Å². The van der Waals surface area contributed by atoms with Crippen LogP contribution in [0.2, 0.25) is 0 Å². The van der Waals surface area contributed by atoms with Crippen LogP contribution in [0.25, 0.3) is 0 Å². The monoisotopic (exact) mass is 217 g/mol. The van der Waals surface area contributed by atoms with Crippen molar-refractivity contribution in [2.45, 2.75) is 39.3 Å². The maximum Gasteiger partial charge on any atom is 0.323 e. The SMILES string of the molecule is COC(C)C(=O)N(CC(=O)O)C(C)(C)C. The molecule has 0 saturated heterocycles. The molecule has 1 N–H and O–H groups in total. The largest absolute Gasteiger partial charge is 0.480 e. The quantitative estimate of drug-likeness (QED) is 0.754. The van der Waals surface area contributed by atoms with Crippen molar-refractivity contribution < 1.29 is 19.4 Å². The van der Waals surface area contributed by atoms with Crippen molar-refractivity contribution in [3.05, 3.63) is 0 Å². The summed E-state index contributed by atoms with van der Waals surface area (Å²) < 4.78 is 4.89. The second kappa shape index (κ2) is 5.11. The Balaban J connectivity index is 4.79. The lowest BCUT2D eigenvalue weighted by molar-refractivity contribution is -0.153. The van der Waals surface area contributed by atoms with Gasteiger partial charge in [0, 0.05) is 12.6 Å². The second-order valence-electron chi connectivity index (χ2n) is 4.37. The first-order valence-electron chi connectivity index (χ1n) is 4.76. The van der Waals surface area contributed by atoms with Crippen LogP contribution in [0.3, 0.4) is 0 Å². The first kappa shape index (κ1) is 13.9. The minimum absolute atomic E-state index is 0.309. The van der Waals surface area contributed by atoms with Gasteiger partial charge in [-0.2, -0.15) is 0 Å². The van der Waals surface area contributed by atoms with E-state index >= 15 is 0 Å². The summed E-state index contributed by atoms with van der Waals surface area (Å²) in [5, 5.41) is 8.72. The number of carbonyl (C=O) groups excluding carboxylic acids is 1. The fourth-order valence-corrected chi connectivity index (χ4v) is 1.10. The zero-order valence-corrected chi connectivity index (χ0v) is 9.90. The van der Waals surface area contributed by atoms with Gasteiger partial charge in [-0.15, -0.1) is 0 Å². The Morgan fingerprint density at radius 2 is 1.87 bits per heavy atom. The molecule has 0 spiro atoms. The van der Waals surface area contributed by atoms with Gasteiger partial charge < -0.3 is 14.7 Å². The predicted octanol–water partition coefficient (Wildman–Crippen LogP) is 0.733. The van der Waals surface area contributed by atoms with Crippen molar-refractivity contribution in [1.29, 1.82) is 0 Å². The van der Waals surface area contributed by atoms with Gasteiger partial charge in [0.25, 0.3) is 5.91 Å². The summed E-state index contributed by atoms with van der Waals surface area (Å²) in [5.41, 5.74) is -0.526. The van der Waals surface area contributed by atoms with Crippen molar-refractivity contribution in [1.82, 2.24) is 4.90 Å². The third kappa shape index (κ3) is 4.29. The Bertz CT molecular complexity index is 244. The van der Waals surface area contributed by atoms with Crippen molar-refractivity contribution in [3.63, 3.8) is 0 Å². The molecule has 0 aliphatic carbocycles. The normalized spacial score (nSPS) is 13.4. The number of carboxylic acid groups (broad SMARTS) is 1. The number of carbonyl (C=O) groups is 2. The summed E-state index contributed by atoms with van der Waals surface area (Å²) >= 11 is 0. The molecule has 88 valence electrons. The van der Waals surface area contributed by atoms with Gasteiger partial charge >= 0.3 is 5.97 Å². The van der Waals surface area contributed by atoms with E-state index in [9.17, 15) is 9.59 Å². The highest BCUT2D eigenvalue weighted by Gasteiger charge is 2.31. The third-order valence-corrected chi connectivity index (χ3v) is 2.07. The van der Waals surface area contributed by atoms with Crippen LogP contribution < -0.4 is 0 Å². The van der Waals surface area contributed by atoms with Crippen molar-refractivity contribution in [3.8, 4) is 0 Å². The van der Waals surface area contributed by atoms with Gasteiger partial charge in [0.05, 0.1) is 0 Å². The number of hydrogen-bond acceptors (Lipinski definition) is 3. The van der Waals surface area contributed by atoms with E-state index in [1.807, 2.05) is 0 Å². The molecule has 1 amide bonds. The van der Waals surface area contributed by atoms with E-state index in [0.717, 1.165) is 0 Å². The molecule has 0 rings (SSSR count). The van der Waals surface area contributed by atoms with E-state index in [2.05, 4.69) is 0 Å². The van der Waals surface area contributed by atoms with Crippen LogP contribution in [0.1, 0.15) is 27.7 Å². The molecule has 0 aromatic carbocycles. The molecule has 5 nitrogen and oxygen atoms in total. The molecule has 0 heterocycles. The summed E-state index contributed by atoms with van der Waals surface area (Å²) in [6.07, 6.45) is -0.622. The molecule has 1 atom stereocenters. The Morgan fingerprint density at radius 1 is 1.40 bits per heavy atom. The topological polar surface area (TPSA) is 66.8 Å². The molecular formula is C10H19NO4. The number of amides is 1. The highest BCUT2D eigenvalue weighted by molar-refractivity contribution is 5.85. The first-order valence-corrected chi connectivity index (χ1v) is 4.76. The fourth-order valence-electron chi connectivity index (χ4n) is 1.10. The van der Waals surface area contributed by atoms with E-state index < -0.39 is 17.6 Å². The average Bonchev–Trinajstić information content (AvgIpc) is 2.09. The number of rotatable bonds is 4. The fraction of sp³-hybridized carbons (Fsp3) is 0.800. The van der Waals surface area contributed by atoms with Gasteiger partial charge in [0.1, 0.15) is 12.6 Å². The Labute approximate surface area is 90.0 Å². The molecule has 0 saturated carbocycles. The minimum atomic E-state index is -1.03. The summed E-state index contributed by atoms with van der Waals surface area (Å²) in [5.74, 6) is -1.34. The Hall–Kier alpha value is -1.10. The number of carboxylic acids is 1. The molecule has 0 aromatic rings. The molecule has 0 fully saturated rings. The van der Waals surface area contributed by atoms with E-state index in [1.54, 1.807) is 27.7 Å². The Morgan fingerprint density at radius 3 is 2.13 bits per heavy atom. The minimum Gasteiger partial charge on any atom is -0.480 e. The standard InChI is InChI=1S/C10H19NO4/c1-7(15-5)9(14)11(6-8(12)13)10(2,3)4/h7H,6H2,1-5H3,(H,12,13). The third-order valence-electron chi connectivity index (χ3n) is 2.07. The molecule has 0 aromatic heterocycles. The summed E-state index contributed by atoms with van der Waals surface area (Å²) in [7, 11) is 1.42. The van der Waals surface area contributed by atoms with Crippen molar-refractivity contribution >= 4 is 11.9 Å². The molecule has 15 heavy (non-hydrogen) atoms. The van der Waals surface area contributed by atoms with E-state index in [4.69, 9.17) is 9.84 Å². The van der Waals surface area contributed by atoms with Crippen LogP contribution in [-0.4, -0.2) is 47.2 Å². The van der Waals surface area contributed by atoms with Gasteiger partial charge in [0.15, 0.2) is 0 Å². The predicted molar refractivity (Wildman–Crippen MR) is 55.6 cm³/mol. The van der Waals surface area contributed by atoms with Crippen LogP contribution in [0.5, 0.6) is 0 Å². The van der Waals surface area contributed by atoms with Gasteiger partial charge in [-0.05, 0) is 27.7 Å². The summed E-state index contributed by atoms with van der Waals surface area (Å²) in [4.78, 5) is 23.7. The lowest BCUT2D eigenvalue weighted by Crippen LogP contribution is -2.51. The summed E-state index contributed by atoms with van der Waals surface area (Å²) in [6, 6.07) is 0. The van der Waals surface area contributed by atoms with Gasteiger partial charge in [-0.1, -0.05) is 0 Å². The molecule has 0 radical (unpaired) electrons. The number of methoxy groups -OCH3 is 1. The summed E-state index contributed by atoms with van der Waals surface area (Å²) in [6.45, 7) is 6.65.